The zero-order chi connectivity index (χ0) is 12.4. The lowest BCUT2D eigenvalue weighted by molar-refractivity contribution is 0.153. The van der Waals surface area contributed by atoms with E-state index in [2.05, 4.69) is 9.97 Å². The molecule has 1 atom stereocenters. The first kappa shape index (κ1) is 12.2. The number of aryl methyl sites for hydroxylation is 1. The highest BCUT2D eigenvalue weighted by molar-refractivity contribution is 7.80. The standard InChI is InChI=1S/C11H16N4OS/c1-7-5-9(10(12)17)14-11(13-7)15-4-2-3-8(16)6-15/h5,8,16H,2-4,6H2,1H3,(H2,12,17). The van der Waals surface area contributed by atoms with E-state index in [0.717, 1.165) is 25.1 Å². The molecule has 3 N–H and O–H groups in total. The fourth-order valence-electron chi connectivity index (χ4n) is 1.96. The Bertz CT molecular complexity index is 437. The maximum atomic E-state index is 9.64. The lowest BCUT2D eigenvalue weighted by Crippen LogP contribution is -2.39. The minimum Gasteiger partial charge on any atom is -0.391 e. The lowest BCUT2D eigenvalue weighted by atomic mass is 10.1. The number of nitrogens with zero attached hydrogens (tertiary/aromatic N) is 3. The zero-order valence-corrected chi connectivity index (χ0v) is 10.6. The van der Waals surface area contributed by atoms with Gasteiger partial charge in [0.25, 0.3) is 0 Å². The molecule has 1 fully saturated rings. The van der Waals surface area contributed by atoms with Gasteiger partial charge >= 0.3 is 0 Å². The first-order valence-electron chi connectivity index (χ1n) is 5.65. The third kappa shape index (κ3) is 2.89. The van der Waals surface area contributed by atoms with E-state index in [9.17, 15) is 5.11 Å². The number of aliphatic hydroxyl groups is 1. The second-order valence-electron chi connectivity index (χ2n) is 4.30. The van der Waals surface area contributed by atoms with Crippen LogP contribution in [0.15, 0.2) is 6.07 Å². The molecule has 17 heavy (non-hydrogen) atoms. The third-order valence-electron chi connectivity index (χ3n) is 2.77. The molecule has 1 aromatic rings. The predicted molar refractivity (Wildman–Crippen MR) is 70.1 cm³/mol. The van der Waals surface area contributed by atoms with Crippen molar-refractivity contribution in [1.82, 2.24) is 9.97 Å². The Morgan fingerprint density at radius 3 is 3.00 bits per heavy atom. The van der Waals surface area contributed by atoms with Crippen molar-refractivity contribution in [3.63, 3.8) is 0 Å². The van der Waals surface area contributed by atoms with Gasteiger partial charge in [-0.05, 0) is 25.8 Å². The van der Waals surface area contributed by atoms with Crippen LogP contribution >= 0.6 is 12.2 Å². The van der Waals surface area contributed by atoms with Crippen LogP contribution in [0.2, 0.25) is 0 Å². The summed E-state index contributed by atoms with van der Waals surface area (Å²) in [6.07, 6.45) is 1.48. The molecule has 5 nitrogen and oxygen atoms in total. The molecule has 1 aliphatic rings. The van der Waals surface area contributed by atoms with Crippen molar-refractivity contribution in [3.05, 3.63) is 17.5 Å². The van der Waals surface area contributed by atoms with Crippen LogP contribution in [0.4, 0.5) is 5.95 Å². The van der Waals surface area contributed by atoms with Gasteiger partial charge in [-0.15, -0.1) is 0 Å². The van der Waals surface area contributed by atoms with Crippen molar-refractivity contribution in [1.29, 1.82) is 0 Å². The van der Waals surface area contributed by atoms with Crippen molar-refractivity contribution in [3.8, 4) is 0 Å². The van der Waals surface area contributed by atoms with Gasteiger partial charge in [-0.25, -0.2) is 9.97 Å². The largest absolute Gasteiger partial charge is 0.391 e. The number of aliphatic hydroxyl groups excluding tert-OH is 1. The Kier molecular flexibility index (Phi) is 3.54. The quantitative estimate of drug-likeness (QED) is 0.741. The second kappa shape index (κ2) is 4.93. The highest BCUT2D eigenvalue weighted by Crippen LogP contribution is 2.17. The van der Waals surface area contributed by atoms with Gasteiger partial charge in [-0.1, -0.05) is 12.2 Å². The van der Waals surface area contributed by atoms with Gasteiger partial charge in [0.2, 0.25) is 5.95 Å². The lowest BCUT2D eigenvalue weighted by Gasteiger charge is -2.30. The monoisotopic (exact) mass is 252 g/mol. The first-order chi connectivity index (χ1) is 8.06. The summed E-state index contributed by atoms with van der Waals surface area (Å²) >= 11 is 4.93. The molecule has 6 heteroatoms. The Morgan fingerprint density at radius 1 is 1.59 bits per heavy atom. The number of hydrogen-bond donors (Lipinski definition) is 2. The third-order valence-corrected chi connectivity index (χ3v) is 2.98. The molecule has 0 bridgehead atoms. The van der Waals surface area contributed by atoms with Crippen LogP contribution in [0.3, 0.4) is 0 Å². The molecule has 2 heterocycles. The number of aromatic nitrogens is 2. The molecule has 0 amide bonds. The van der Waals surface area contributed by atoms with Gasteiger partial charge in [0.1, 0.15) is 10.7 Å². The van der Waals surface area contributed by atoms with Gasteiger partial charge in [0.15, 0.2) is 0 Å². The van der Waals surface area contributed by atoms with Crippen LogP contribution in [-0.4, -0.2) is 39.3 Å². The van der Waals surface area contributed by atoms with Crippen LogP contribution in [0, 0.1) is 6.92 Å². The van der Waals surface area contributed by atoms with Crippen LogP contribution in [0.1, 0.15) is 24.2 Å². The maximum absolute atomic E-state index is 9.64. The average molecular weight is 252 g/mol. The minimum atomic E-state index is -0.304. The molecule has 1 aromatic heterocycles. The Morgan fingerprint density at radius 2 is 2.35 bits per heavy atom. The fourth-order valence-corrected chi connectivity index (χ4v) is 2.06. The van der Waals surface area contributed by atoms with E-state index in [-0.39, 0.29) is 11.1 Å². The molecule has 2 rings (SSSR count). The molecule has 0 aromatic carbocycles. The van der Waals surface area contributed by atoms with E-state index >= 15 is 0 Å². The molecule has 1 saturated heterocycles. The normalized spacial score (nSPS) is 20.4. The van der Waals surface area contributed by atoms with Gasteiger partial charge < -0.3 is 15.7 Å². The number of piperidine rings is 1. The molecule has 0 spiro atoms. The molecule has 0 saturated carbocycles. The molecular weight excluding hydrogens is 236 g/mol. The van der Waals surface area contributed by atoms with E-state index in [1.54, 1.807) is 6.07 Å². The number of anilines is 1. The Hall–Kier alpha value is -1.27. The summed E-state index contributed by atoms with van der Waals surface area (Å²) in [7, 11) is 0. The van der Waals surface area contributed by atoms with Crippen molar-refractivity contribution in [2.75, 3.05) is 18.0 Å². The highest BCUT2D eigenvalue weighted by atomic mass is 32.1. The van der Waals surface area contributed by atoms with Crippen LogP contribution < -0.4 is 10.6 Å². The van der Waals surface area contributed by atoms with E-state index in [1.807, 2.05) is 11.8 Å². The van der Waals surface area contributed by atoms with Crippen molar-refractivity contribution >= 4 is 23.2 Å². The Balaban J connectivity index is 2.28. The summed E-state index contributed by atoms with van der Waals surface area (Å²) in [5.74, 6) is 0.603. The van der Waals surface area contributed by atoms with Crippen molar-refractivity contribution in [2.24, 2.45) is 5.73 Å². The minimum absolute atomic E-state index is 0.273. The van der Waals surface area contributed by atoms with Gasteiger partial charge in [0.05, 0.1) is 6.10 Å². The van der Waals surface area contributed by atoms with Crippen LogP contribution in [0.5, 0.6) is 0 Å². The zero-order valence-electron chi connectivity index (χ0n) is 9.76. The number of thiocarbonyl (C=S) groups is 1. The molecule has 92 valence electrons. The Labute approximate surface area is 106 Å². The van der Waals surface area contributed by atoms with E-state index in [1.165, 1.54) is 0 Å². The summed E-state index contributed by atoms with van der Waals surface area (Å²) in [4.78, 5) is 10.9. The summed E-state index contributed by atoms with van der Waals surface area (Å²) in [5, 5.41) is 9.64. The molecule has 1 unspecified atom stereocenters. The fraction of sp³-hybridized carbons (Fsp3) is 0.545. The van der Waals surface area contributed by atoms with Crippen molar-refractivity contribution in [2.45, 2.75) is 25.9 Å². The topological polar surface area (TPSA) is 75.3 Å². The van der Waals surface area contributed by atoms with Gasteiger partial charge in [-0.3, -0.25) is 0 Å². The highest BCUT2D eigenvalue weighted by Gasteiger charge is 2.20. The number of hydrogen-bond acceptors (Lipinski definition) is 5. The number of nitrogens with two attached hydrogens (primary N) is 1. The summed E-state index contributed by atoms with van der Waals surface area (Å²) in [5.41, 5.74) is 7.00. The van der Waals surface area contributed by atoms with Crippen LogP contribution in [0.25, 0.3) is 0 Å². The van der Waals surface area contributed by atoms with Crippen molar-refractivity contribution < 1.29 is 5.11 Å². The number of rotatable bonds is 2. The molecule has 0 aliphatic carbocycles. The van der Waals surface area contributed by atoms with Crippen LogP contribution in [-0.2, 0) is 0 Å². The van der Waals surface area contributed by atoms with E-state index in [0.29, 0.717) is 18.2 Å². The van der Waals surface area contributed by atoms with Gasteiger partial charge in [-0.2, -0.15) is 0 Å². The smallest absolute Gasteiger partial charge is 0.226 e. The maximum Gasteiger partial charge on any atom is 0.226 e. The van der Waals surface area contributed by atoms with Gasteiger partial charge in [0, 0.05) is 18.8 Å². The van der Waals surface area contributed by atoms with E-state index in [4.69, 9.17) is 18.0 Å². The molecular formula is C11H16N4OS. The second-order valence-corrected chi connectivity index (χ2v) is 4.74. The summed E-state index contributed by atoms with van der Waals surface area (Å²) in [6, 6.07) is 1.77. The number of β-amino-alcohol motifs (C(OH)–C–C–N with tert-alkyl or cyclic N) is 1. The average Bonchev–Trinajstić information content (AvgIpc) is 2.28. The van der Waals surface area contributed by atoms with E-state index < -0.39 is 0 Å². The summed E-state index contributed by atoms with van der Waals surface area (Å²) < 4.78 is 0. The predicted octanol–water partition coefficient (Wildman–Crippen LogP) is 0.380. The summed E-state index contributed by atoms with van der Waals surface area (Å²) in [6.45, 7) is 3.31. The SMILES string of the molecule is Cc1cc(C(N)=S)nc(N2CCCC(O)C2)n1. The first-order valence-corrected chi connectivity index (χ1v) is 6.05. The molecule has 1 aliphatic heterocycles. The molecule has 0 radical (unpaired) electrons.